The van der Waals surface area contributed by atoms with Crippen molar-refractivity contribution in [1.29, 1.82) is 5.26 Å². The second-order valence-electron chi connectivity index (χ2n) is 4.18. The van der Waals surface area contributed by atoms with Gasteiger partial charge in [-0.3, -0.25) is 10.1 Å². The zero-order valence-electron chi connectivity index (χ0n) is 10.7. The number of nitriles is 1. The Kier molecular flexibility index (Phi) is 4.36. The first-order chi connectivity index (χ1) is 10.0. The van der Waals surface area contributed by atoms with Gasteiger partial charge in [0.05, 0.1) is 16.6 Å². The smallest absolute Gasteiger partial charge is 0.269 e. The molecule has 0 aliphatic carbocycles. The Balaban J connectivity index is 2.44. The first-order valence-corrected chi connectivity index (χ1v) is 6.65. The summed E-state index contributed by atoms with van der Waals surface area (Å²) in [5, 5.41) is 29.6. The van der Waals surface area contributed by atoms with Gasteiger partial charge in [-0.2, -0.15) is 5.26 Å². The summed E-state index contributed by atoms with van der Waals surface area (Å²) < 4.78 is 0.771. The van der Waals surface area contributed by atoms with Crippen LogP contribution in [0.1, 0.15) is 11.1 Å². The molecule has 0 aliphatic rings. The molecular formula is C15H9BrN2O3. The second-order valence-corrected chi connectivity index (χ2v) is 5.09. The monoisotopic (exact) mass is 344 g/mol. The van der Waals surface area contributed by atoms with Crippen LogP contribution in [0.5, 0.6) is 5.75 Å². The number of allylic oxidation sites excluding steroid dienone is 1. The summed E-state index contributed by atoms with van der Waals surface area (Å²) in [6.07, 6.45) is 1.53. The third-order valence-electron chi connectivity index (χ3n) is 2.80. The third kappa shape index (κ3) is 3.46. The molecule has 21 heavy (non-hydrogen) atoms. The van der Waals surface area contributed by atoms with E-state index in [4.69, 9.17) is 0 Å². The molecule has 0 heterocycles. The van der Waals surface area contributed by atoms with Crippen LogP contribution in [0.3, 0.4) is 0 Å². The number of benzene rings is 2. The fourth-order valence-electron chi connectivity index (χ4n) is 1.74. The molecule has 0 unspecified atom stereocenters. The topological polar surface area (TPSA) is 87.2 Å². The summed E-state index contributed by atoms with van der Waals surface area (Å²) in [6, 6.07) is 12.6. The molecule has 104 valence electrons. The molecule has 0 aromatic heterocycles. The predicted molar refractivity (Wildman–Crippen MR) is 82.4 cm³/mol. The van der Waals surface area contributed by atoms with Crippen LogP contribution in [-0.2, 0) is 0 Å². The van der Waals surface area contributed by atoms with Gasteiger partial charge in [-0.15, -0.1) is 0 Å². The molecule has 5 nitrogen and oxygen atoms in total. The molecule has 0 aliphatic heterocycles. The van der Waals surface area contributed by atoms with E-state index in [0.29, 0.717) is 16.7 Å². The average molecular weight is 345 g/mol. The van der Waals surface area contributed by atoms with Gasteiger partial charge in [0.25, 0.3) is 5.69 Å². The molecule has 0 atom stereocenters. The highest BCUT2D eigenvalue weighted by Crippen LogP contribution is 2.27. The SMILES string of the molecule is N#C/C(=C\c1cc(Br)ccc1O)c1ccc([N+](=O)[O-])cc1. The normalized spacial score (nSPS) is 11.0. The largest absolute Gasteiger partial charge is 0.507 e. The molecule has 6 heteroatoms. The van der Waals surface area contributed by atoms with Gasteiger partial charge in [-0.1, -0.05) is 15.9 Å². The number of non-ortho nitro benzene ring substituents is 1. The minimum Gasteiger partial charge on any atom is -0.507 e. The molecule has 0 bridgehead atoms. The van der Waals surface area contributed by atoms with Crippen molar-refractivity contribution in [2.45, 2.75) is 0 Å². The van der Waals surface area contributed by atoms with Gasteiger partial charge in [0.2, 0.25) is 0 Å². The van der Waals surface area contributed by atoms with E-state index in [1.165, 1.54) is 36.4 Å². The second kappa shape index (κ2) is 6.20. The quantitative estimate of drug-likeness (QED) is 0.392. The number of nitro benzene ring substituents is 1. The van der Waals surface area contributed by atoms with Gasteiger partial charge in [0, 0.05) is 22.2 Å². The van der Waals surface area contributed by atoms with Crippen molar-refractivity contribution in [1.82, 2.24) is 0 Å². The minimum atomic E-state index is -0.500. The molecule has 0 radical (unpaired) electrons. The molecule has 0 fully saturated rings. The van der Waals surface area contributed by atoms with Gasteiger partial charge in [0.1, 0.15) is 5.75 Å². The number of nitrogens with zero attached hydrogens (tertiary/aromatic N) is 2. The van der Waals surface area contributed by atoms with E-state index in [0.717, 1.165) is 4.47 Å². The predicted octanol–water partition coefficient (Wildman–Crippen LogP) is 4.13. The van der Waals surface area contributed by atoms with Crippen molar-refractivity contribution in [2.24, 2.45) is 0 Å². The maximum absolute atomic E-state index is 10.6. The van der Waals surface area contributed by atoms with Crippen LogP contribution >= 0.6 is 15.9 Å². The van der Waals surface area contributed by atoms with Crippen molar-refractivity contribution >= 4 is 33.3 Å². The molecule has 0 amide bonds. The molecule has 0 spiro atoms. The highest BCUT2D eigenvalue weighted by molar-refractivity contribution is 9.10. The summed E-state index contributed by atoms with van der Waals surface area (Å²) in [5.74, 6) is 0.0489. The molecule has 0 saturated heterocycles. The number of aromatic hydroxyl groups is 1. The number of halogens is 1. The Hall–Kier alpha value is -2.65. The maximum atomic E-state index is 10.6. The van der Waals surface area contributed by atoms with Crippen molar-refractivity contribution in [3.8, 4) is 11.8 Å². The molecule has 2 rings (SSSR count). The lowest BCUT2D eigenvalue weighted by molar-refractivity contribution is -0.384. The zero-order chi connectivity index (χ0) is 15.4. The molecule has 2 aromatic carbocycles. The molecular weight excluding hydrogens is 336 g/mol. The molecule has 0 saturated carbocycles. The Morgan fingerprint density at radius 1 is 1.29 bits per heavy atom. The van der Waals surface area contributed by atoms with Gasteiger partial charge in [0.15, 0.2) is 0 Å². The Bertz CT molecular complexity index is 761. The van der Waals surface area contributed by atoms with E-state index in [1.54, 1.807) is 12.1 Å². The van der Waals surface area contributed by atoms with Crippen LogP contribution in [0.25, 0.3) is 11.6 Å². The number of hydrogen-bond acceptors (Lipinski definition) is 4. The fourth-order valence-corrected chi connectivity index (χ4v) is 2.12. The Morgan fingerprint density at radius 3 is 2.52 bits per heavy atom. The van der Waals surface area contributed by atoms with Crippen LogP contribution < -0.4 is 0 Å². The van der Waals surface area contributed by atoms with Gasteiger partial charge in [-0.05, 0) is 42.0 Å². The van der Waals surface area contributed by atoms with Crippen molar-refractivity contribution < 1.29 is 10.0 Å². The summed E-state index contributed by atoms with van der Waals surface area (Å²) in [4.78, 5) is 10.1. The maximum Gasteiger partial charge on any atom is 0.269 e. The average Bonchev–Trinajstić information content (AvgIpc) is 2.48. The van der Waals surface area contributed by atoms with E-state index >= 15 is 0 Å². The first-order valence-electron chi connectivity index (χ1n) is 5.86. The molecule has 2 aromatic rings. The zero-order valence-corrected chi connectivity index (χ0v) is 12.2. The van der Waals surface area contributed by atoms with Gasteiger partial charge < -0.3 is 5.11 Å². The highest BCUT2D eigenvalue weighted by Gasteiger charge is 2.08. The standard InChI is InChI=1S/C15H9BrN2O3/c16-13-3-6-15(19)11(8-13)7-12(9-17)10-1-4-14(5-2-10)18(20)21/h1-8,19H/b12-7+. The van der Waals surface area contributed by atoms with Crippen molar-refractivity contribution in [3.05, 3.63) is 68.2 Å². The lowest BCUT2D eigenvalue weighted by Gasteiger charge is -2.03. The lowest BCUT2D eigenvalue weighted by Crippen LogP contribution is -1.88. The van der Waals surface area contributed by atoms with E-state index in [-0.39, 0.29) is 11.4 Å². The first kappa shape index (κ1) is 14.8. The highest BCUT2D eigenvalue weighted by atomic mass is 79.9. The van der Waals surface area contributed by atoms with Crippen LogP contribution in [0, 0.1) is 21.4 Å². The van der Waals surface area contributed by atoms with E-state index in [9.17, 15) is 20.5 Å². The number of rotatable bonds is 3. The van der Waals surface area contributed by atoms with Crippen molar-refractivity contribution in [2.75, 3.05) is 0 Å². The summed E-state index contributed by atoms with van der Waals surface area (Å²) in [5.41, 5.74) is 1.29. The number of phenols is 1. The summed E-state index contributed by atoms with van der Waals surface area (Å²) >= 11 is 3.29. The van der Waals surface area contributed by atoms with Crippen LogP contribution in [0.2, 0.25) is 0 Å². The number of phenolic OH excluding ortho intramolecular Hbond substituents is 1. The van der Waals surface area contributed by atoms with Gasteiger partial charge >= 0.3 is 0 Å². The molecule has 1 N–H and O–H groups in total. The minimum absolute atomic E-state index is 0.0404. The summed E-state index contributed by atoms with van der Waals surface area (Å²) in [6.45, 7) is 0. The van der Waals surface area contributed by atoms with Crippen LogP contribution in [-0.4, -0.2) is 10.0 Å². The Morgan fingerprint density at radius 2 is 1.95 bits per heavy atom. The fraction of sp³-hybridized carbons (Fsp3) is 0. The Labute approximate surface area is 129 Å². The van der Waals surface area contributed by atoms with E-state index < -0.39 is 4.92 Å². The van der Waals surface area contributed by atoms with E-state index in [1.807, 2.05) is 6.07 Å². The van der Waals surface area contributed by atoms with Gasteiger partial charge in [-0.25, -0.2) is 0 Å². The third-order valence-corrected chi connectivity index (χ3v) is 3.29. The number of nitro groups is 1. The van der Waals surface area contributed by atoms with Crippen LogP contribution in [0.4, 0.5) is 5.69 Å². The van der Waals surface area contributed by atoms with Crippen molar-refractivity contribution in [3.63, 3.8) is 0 Å². The summed E-state index contributed by atoms with van der Waals surface area (Å²) in [7, 11) is 0. The van der Waals surface area contributed by atoms with Crippen LogP contribution in [0.15, 0.2) is 46.9 Å². The number of hydrogen-bond donors (Lipinski definition) is 1. The lowest BCUT2D eigenvalue weighted by atomic mass is 10.0. The van der Waals surface area contributed by atoms with E-state index in [2.05, 4.69) is 15.9 Å².